The molecular weight excluding hydrogens is 256 g/mol. The van der Waals surface area contributed by atoms with Crippen molar-refractivity contribution in [2.75, 3.05) is 24.6 Å². The van der Waals surface area contributed by atoms with Gasteiger partial charge in [0.1, 0.15) is 6.10 Å². The van der Waals surface area contributed by atoms with Crippen molar-refractivity contribution in [1.82, 2.24) is 0 Å². The summed E-state index contributed by atoms with van der Waals surface area (Å²) in [7, 11) is 0. The summed E-state index contributed by atoms with van der Waals surface area (Å²) in [6, 6.07) is 14.1. The van der Waals surface area contributed by atoms with Gasteiger partial charge in [-0.1, -0.05) is 6.07 Å². The van der Waals surface area contributed by atoms with Gasteiger partial charge in [0.25, 0.3) is 0 Å². The molecule has 3 rings (SSSR count). The van der Waals surface area contributed by atoms with Crippen molar-refractivity contribution < 1.29 is 4.74 Å². The average Bonchev–Trinajstić information content (AvgIpc) is 3.02. The van der Waals surface area contributed by atoms with E-state index in [9.17, 15) is 0 Å². The van der Waals surface area contributed by atoms with Crippen molar-refractivity contribution >= 4 is 17.0 Å². The lowest BCUT2D eigenvalue weighted by molar-refractivity contribution is 0.0421. The van der Waals surface area contributed by atoms with Crippen LogP contribution in [0.2, 0.25) is 0 Å². The van der Waals surface area contributed by atoms with E-state index in [1.807, 2.05) is 24.3 Å². The van der Waals surface area contributed by atoms with Gasteiger partial charge in [0, 0.05) is 23.7 Å². The Morgan fingerprint density at radius 2 is 2.11 bits per heavy atom. The zero-order chi connectivity index (χ0) is 13.1. The van der Waals surface area contributed by atoms with Crippen LogP contribution in [-0.2, 0) is 4.74 Å². The molecule has 1 aliphatic rings. The maximum absolute atomic E-state index is 8.82. The normalized spacial score (nSPS) is 19.1. The van der Waals surface area contributed by atoms with Gasteiger partial charge in [0.05, 0.1) is 18.2 Å². The molecule has 0 spiro atoms. The van der Waals surface area contributed by atoms with Crippen LogP contribution in [0.1, 0.15) is 16.5 Å². The van der Waals surface area contributed by atoms with Gasteiger partial charge in [0.2, 0.25) is 0 Å². The Bertz CT molecular complexity index is 571. The minimum Gasteiger partial charge on any atom is -0.369 e. The van der Waals surface area contributed by atoms with Gasteiger partial charge in [-0.3, -0.25) is 0 Å². The quantitative estimate of drug-likeness (QED) is 0.840. The van der Waals surface area contributed by atoms with Crippen LogP contribution in [0.4, 0.5) is 5.69 Å². The van der Waals surface area contributed by atoms with E-state index in [1.54, 1.807) is 11.3 Å². The van der Waals surface area contributed by atoms with Gasteiger partial charge in [-0.05, 0) is 35.7 Å². The van der Waals surface area contributed by atoms with Crippen molar-refractivity contribution in [2.45, 2.75) is 6.10 Å². The van der Waals surface area contributed by atoms with Crippen LogP contribution >= 0.6 is 11.3 Å². The molecule has 1 saturated heterocycles. The van der Waals surface area contributed by atoms with Crippen LogP contribution in [0, 0.1) is 11.3 Å². The van der Waals surface area contributed by atoms with E-state index in [2.05, 4.69) is 28.5 Å². The first kappa shape index (κ1) is 12.2. The number of anilines is 1. The second kappa shape index (κ2) is 5.43. The lowest BCUT2D eigenvalue weighted by atomic mass is 10.1. The monoisotopic (exact) mass is 270 g/mol. The highest BCUT2D eigenvalue weighted by Crippen LogP contribution is 2.28. The molecule has 0 bridgehead atoms. The maximum atomic E-state index is 8.82. The van der Waals surface area contributed by atoms with Crippen molar-refractivity contribution in [3.8, 4) is 6.07 Å². The Morgan fingerprint density at radius 1 is 1.26 bits per heavy atom. The fourth-order valence-corrected chi connectivity index (χ4v) is 3.04. The van der Waals surface area contributed by atoms with E-state index >= 15 is 0 Å². The Morgan fingerprint density at radius 3 is 2.79 bits per heavy atom. The molecular formula is C15H14N2OS. The molecule has 19 heavy (non-hydrogen) atoms. The highest BCUT2D eigenvalue weighted by atomic mass is 32.1. The number of hydrogen-bond donors (Lipinski definition) is 0. The summed E-state index contributed by atoms with van der Waals surface area (Å²) in [4.78, 5) is 3.59. The lowest BCUT2D eigenvalue weighted by Crippen LogP contribution is -2.38. The number of morpholine rings is 1. The lowest BCUT2D eigenvalue weighted by Gasteiger charge is -2.34. The van der Waals surface area contributed by atoms with Crippen LogP contribution in [0.5, 0.6) is 0 Å². The van der Waals surface area contributed by atoms with E-state index in [4.69, 9.17) is 10.00 Å². The number of thiophene rings is 1. The average molecular weight is 270 g/mol. The van der Waals surface area contributed by atoms with Crippen LogP contribution in [-0.4, -0.2) is 19.7 Å². The summed E-state index contributed by atoms with van der Waals surface area (Å²) >= 11 is 1.74. The molecule has 3 nitrogen and oxygen atoms in total. The maximum Gasteiger partial charge on any atom is 0.109 e. The largest absolute Gasteiger partial charge is 0.369 e. The summed E-state index contributed by atoms with van der Waals surface area (Å²) in [5.41, 5.74) is 1.86. The van der Waals surface area contributed by atoms with E-state index in [-0.39, 0.29) is 6.10 Å². The van der Waals surface area contributed by atoms with Crippen molar-refractivity contribution in [3.63, 3.8) is 0 Å². The molecule has 2 aromatic rings. The fraction of sp³-hybridized carbons (Fsp3) is 0.267. The van der Waals surface area contributed by atoms with Gasteiger partial charge in [-0.15, -0.1) is 11.3 Å². The third-order valence-corrected chi connectivity index (χ3v) is 4.25. The van der Waals surface area contributed by atoms with Crippen LogP contribution < -0.4 is 4.90 Å². The summed E-state index contributed by atoms with van der Waals surface area (Å²) in [5, 5.41) is 10.9. The number of hydrogen-bond acceptors (Lipinski definition) is 4. The van der Waals surface area contributed by atoms with Gasteiger partial charge >= 0.3 is 0 Å². The molecule has 1 aromatic heterocycles. The minimum absolute atomic E-state index is 0.157. The second-order valence-electron chi connectivity index (χ2n) is 4.48. The van der Waals surface area contributed by atoms with Crippen molar-refractivity contribution in [1.29, 1.82) is 5.26 Å². The first-order valence-electron chi connectivity index (χ1n) is 6.27. The summed E-state index contributed by atoms with van der Waals surface area (Å²) in [6.07, 6.45) is 0.157. The molecule has 2 heterocycles. The van der Waals surface area contributed by atoms with E-state index in [1.165, 1.54) is 4.88 Å². The van der Waals surface area contributed by atoms with Crippen LogP contribution in [0.3, 0.4) is 0 Å². The summed E-state index contributed by atoms with van der Waals surface area (Å²) in [6.45, 7) is 2.50. The predicted octanol–water partition coefficient (Wildman–Crippen LogP) is 3.20. The highest BCUT2D eigenvalue weighted by Gasteiger charge is 2.22. The van der Waals surface area contributed by atoms with Crippen LogP contribution in [0.25, 0.3) is 0 Å². The Hall–Kier alpha value is -1.83. The number of rotatable bonds is 2. The molecule has 0 aliphatic carbocycles. The van der Waals surface area contributed by atoms with Gasteiger partial charge in [0.15, 0.2) is 0 Å². The smallest absolute Gasteiger partial charge is 0.109 e. The summed E-state index contributed by atoms with van der Waals surface area (Å²) in [5.74, 6) is 0. The molecule has 1 fully saturated rings. The molecule has 0 N–H and O–H groups in total. The number of nitrogens with zero attached hydrogens (tertiary/aromatic N) is 2. The Labute approximate surface area is 116 Å². The third-order valence-electron chi connectivity index (χ3n) is 3.29. The minimum atomic E-state index is 0.157. The fourth-order valence-electron chi connectivity index (χ4n) is 2.28. The van der Waals surface area contributed by atoms with E-state index in [0.29, 0.717) is 5.56 Å². The molecule has 1 aliphatic heterocycles. The third kappa shape index (κ3) is 2.62. The molecule has 1 unspecified atom stereocenters. The van der Waals surface area contributed by atoms with E-state index in [0.717, 1.165) is 25.4 Å². The number of benzene rings is 1. The van der Waals surface area contributed by atoms with E-state index < -0.39 is 0 Å². The van der Waals surface area contributed by atoms with Crippen molar-refractivity contribution in [3.05, 3.63) is 52.2 Å². The van der Waals surface area contributed by atoms with Crippen LogP contribution in [0.15, 0.2) is 41.8 Å². The molecule has 96 valence electrons. The predicted molar refractivity (Wildman–Crippen MR) is 76.4 cm³/mol. The van der Waals surface area contributed by atoms with Gasteiger partial charge < -0.3 is 9.64 Å². The Balaban J connectivity index is 1.76. The van der Waals surface area contributed by atoms with Gasteiger partial charge in [-0.2, -0.15) is 5.26 Å². The first-order valence-corrected chi connectivity index (χ1v) is 7.15. The molecule has 0 amide bonds. The standard InChI is InChI=1S/C15H14N2OS/c16-10-12-3-5-13(6-4-12)17-7-8-18-14(11-17)15-2-1-9-19-15/h1-6,9,14H,7-8,11H2. The zero-order valence-electron chi connectivity index (χ0n) is 10.5. The molecule has 4 heteroatoms. The topological polar surface area (TPSA) is 36.3 Å². The number of ether oxygens (including phenoxy) is 1. The highest BCUT2D eigenvalue weighted by molar-refractivity contribution is 7.10. The zero-order valence-corrected chi connectivity index (χ0v) is 11.3. The number of nitriles is 1. The van der Waals surface area contributed by atoms with Crippen molar-refractivity contribution in [2.24, 2.45) is 0 Å². The molecule has 1 aromatic carbocycles. The second-order valence-corrected chi connectivity index (χ2v) is 5.46. The molecule has 1 atom stereocenters. The molecule has 0 saturated carbocycles. The first-order chi connectivity index (χ1) is 9.36. The SMILES string of the molecule is N#Cc1ccc(N2CCOC(c3cccs3)C2)cc1. The Kier molecular flexibility index (Phi) is 3.49. The summed E-state index contributed by atoms with van der Waals surface area (Å²) < 4.78 is 5.84. The van der Waals surface area contributed by atoms with Gasteiger partial charge in [-0.25, -0.2) is 0 Å². The molecule has 0 radical (unpaired) electrons.